The monoisotopic (exact) mass is 312 g/mol. The maximum atomic E-state index is 5.13. The van der Waals surface area contributed by atoms with Crippen LogP contribution in [0.15, 0.2) is 4.99 Å². The molecule has 1 heterocycles. The Bertz CT molecular complexity index is 445. The lowest BCUT2D eigenvalue weighted by Crippen LogP contribution is -2.44. The zero-order valence-electron chi connectivity index (χ0n) is 13.8. The van der Waals surface area contributed by atoms with E-state index in [9.17, 15) is 0 Å². The van der Waals surface area contributed by atoms with E-state index in [2.05, 4.69) is 48.3 Å². The molecule has 2 N–H and O–H groups in total. The maximum Gasteiger partial charge on any atom is 0.191 e. The first-order valence-corrected chi connectivity index (χ1v) is 8.41. The van der Waals surface area contributed by atoms with Crippen LogP contribution in [-0.4, -0.2) is 43.8 Å². The van der Waals surface area contributed by atoms with Crippen molar-refractivity contribution in [3.8, 4) is 0 Å². The van der Waals surface area contributed by atoms with E-state index in [0.29, 0.717) is 6.61 Å². The Labute approximate surface area is 132 Å². The Morgan fingerprint density at radius 3 is 2.76 bits per heavy atom. The van der Waals surface area contributed by atoms with Gasteiger partial charge in [0, 0.05) is 37.5 Å². The third-order valence-corrected chi connectivity index (χ3v) is 4.08. The maximum absolute atomic E-state index is 5.13. The molecular weight excluding hydrogens is 284 g/mol. The molecule has 0 bridgehead atoms. The smallest absolute Gasteiger partial charge is 0.191 e. The highest BCUT2D eigenvalue weighted by atomic mass is 32.1. The number of aliphatic imine (C=N–C) groups is 1. The van der Waals surface area contributed by atoms with Crippen molar-refractivity contribution in [1.82, 2.24) is 15.6 Å². The van der Waals surface area contributed by atoms with Crippen molar-refractivity contribution in [2.75, 3.05) is 26.8 Å². The van der Waals surface area contributed by atoms with Crippen LogP contribution >= 0.6 is 11.3 Å². The zero-order valence-corrected chi connectivity index (χ0v) is 14.6. The van der Waals surface area contributed by atoms with Gasteiger partial charge in [-0.05, 0) is 27.2 Å². The second-order valence-electron chi connectivity index (χ2n) is 4.98. The first-order valence-electron chi connectivity index (χ1n) is 7.59. The number of ether oxygens (including phenoxy) is 1. The standard InChI is InChI=1S/C15H28N4OS/c1-6-13-12(4)21-14(19-13)8-9-17-15(16-7-2)18-11(3)10-20-5/h11H,6-10H2,1-5H3,(H2,16,17,18). The average molecular weight is 312 g/mol. The van der Waals surface area contributed by atoms with Crippen LogP contribution in [-0.2, 0) is 17.6 Å². The van der Waals surface area contributed by atoms with Crippen molar-refractivity contribution in [2.45, 2.75) is 46.6 Å². The van der Waals surface area contributed by atoms with Crippen molar-refractivity contribution >= 4 is 17.3 Å². The van der Waals surface area contributed by atoms with E-state index in [1.165, 1.54) is 15.6 Å². The van der Waals surface area contributed by atoms with Gasteiger partial charge in [-0.2, -0.15) is 0 Å². The molecule has 0 aliphatic rings. The third-order valence-electron chi connectivity index (χ3n) is 3.01. The third kappa shape index (κ3) is 6.44. The van der Waals surface area contributed by atoms with Crippen molar-refractivity contribution in [2.24, 2.45) is 4.99 Å². The number of hydrogen-bond acceptors (Lipinski definition) is 4. The van der Waals surface area contributed by atoms with Crippen LogP contribution in [0.1, 0.15) is 36.3 Å². The quantitative estimate of drug-likeness (QED) is 0.570. The van der Waals surface area contributed by atoms with Gasteiger partial charge in [-0.25, -0.2) is 4.98 Å². The molecule has 0 aromatic carbocycles. The first kappa shape index (κ1) is 17.9. The lowest BCUT2D eigenvalue weighted by Gasteiger charge is -2.16. The van der Waals surface area contributed by atoms with Gasteiger partial charge < -0.3 is 15.4 Å². The average Bonchev–Trinajstić information content (AvgIpc) is 2.79. The Morgan fingerprint density at radius 1 is 1.43 bits per heavy atom. The fourth-order valence-corrected chi connectivity index (χ4v) is 3.04. The van der Waals surface area contributed by atoms with Gasteiger partial charge in [0.05, 0.1) is 17.3 Å². The van der Waals surface area contributed by atoms with Crippen LogP contribution in [0.2, 0.25) is 0 Å². The molecular formula is C15H28N4OS. The fourth-order valence-electron chi connectivity index (χ4n) is 2.03. The van der Waals surface area contributed by atoms with E-state index in [4.69, 9.17) is 4.74 Å². The molecule has 0 saturated carbocycles. The number of aromatic nitrogens is 1. The van der Waals surface area contributed by atoms with Crippen molar-refractivity contribution in [1.29, 1.82) is 0 Å². The summed E-state index contributed by atoms with van der Waals surface area (Å²) in [5.74, 6) is 0.839. The minimum atomic E-state index is 0.238. The van der Waals surface area contributed by atoms with Crippen LogP contribution in [0.4, 0.5) is 0 Å². The van der Waals surface area contributed by atoms with Crippen molar-refractivity contribution in [3.63, 3.8) is 0 Å². The van der Waals surface area contributed by atoms with E-state index >= 15 is 0 Å². The Balaban J connectivity index is 2.52. The van der Waals surface area contributed by atoms with Gasteiger partial charge in [0.1, 0.15) is 0 Å². The number of methoxy groups -OCH3 is 1. The molecule has 1 rings (SSSR count). The van der Waals surface area contributed by atoms with E-state index < -0.39 is 0 Å². The second kappa shape index (κ2) is 9.73. The van der Waals surface area contributed by atoms with Gasteiger partial charge in [0.25, 0.3) is 0 Å². The molecule has 120 valence electrons. The molecule has 0 amide bonds. The summed E-state index contributed by atoms with van der Waals surface area (Å²) in [5, 5.41) is 7.76. The van der Waals surface area contributed by atoms with Crippen molar-refractivity contribution < 1.29 is 4.74 Å². The molecule has 1 aromatic heterocycles. The first-order chi connectivity index (χ1) is 10.1. The molecule has 0 radical (unpaired) electrons. The molecule has 0 saturated heterocycles. The summed E-state index contributed by atoms with van der Waals surface area (Å²) in [6.45, 7) is 10.7. The largest absolute Gasteiger partial charge is 0.383 e. The summed E-state index contributed by atoms with van der Waals surface area (Å²) in [6, 6.07) is 0.238. The number of hydrogen-bond donors (Lipinski definition) is 2. The van der Waals surface area contributed by atoms with E-state index in [0.717, 1.165) is 31.9 Å². The Hall–Kier alpha value is -1.14. The summed E-state index contributed by atoms with van der Waals surface area (Å²) in [5.41, 5.74) is 1.22. The number of rotatable bonds is 8. The highest BCUT2D eigenvalue weighted by molar-refractivity contribution is 7.11. The second-order valence-corrected chi connectivity index (χ2v) is 6.26. The van der Waals surface area contributed by atoms with Gasteiger partial charge in [-0.15, -0.1) is 11.3 Å². The van der Waals surface area contributed by atoms with Gasteiger partial charge in [0.15, 0.2) is 5.96 Å². The predicted molar refractivity (Wildman–Crippen MR) is 90.4 cm³/mol. The van der Waals surface area contributed by atoms with Crippen LogP contribution in [0.3, 0.4) is 0 Å². The molecule has 0 spiro atoms. The molecule has 0 fully saturated rings. The van der Waals surface area contributed by atoms with E-state index in [1.807, 2.05) is 0 Å². The van der Waals surface area contributed by atoms with Crippen LogP contribution < -0.4 is 10.6 Å². The normalized spacial score (nSPS) is 13.3. The van der Waals surface area contributed by atoms with Gasteiger partial charge in [-0.1, -0.05) is 6.92 Å². The minimum Gasteiger partial charge on any atom is -0.383 e. The molecule has 1 atom stereocenters. The number of thiazole rings is 1. The molecule has 5 nitrogen and oxygen atoms in total. The number of nitrogens with one attached hydrogen (secondary N) is 2. The summed E-state index contributed by atoms with van der Waals surface area (Å²) < 4.78 is 5.13. The van der Waals surface area contributed by atoms with E-state index in [1.54, 1.807) is 18.4 Å². The lowest BCUT2D eigenvalue weighted by atomic mass is 10.3. The van der Waals surface area contributed by atoms with Crippen LogP contribution in [0, 0.1) is 6.92 Å². The predicted octanol–water partition coefficient (Wildman–Crippen LogP) is 2.15. The molecule has 6 heteroatoms. The molecule has 0 aliphatic heterocycles. The van der Waals surface area contributed by atoms with Gasteiger partial charge in [-0.3, -0.25) is 4.99 Å². The van der Waals surface area contributed by atoms with Crippen molar-refractivity contribution in [3.05, 3.63) is 15.6 Å². The van der Waals surface area contributed by atoms with Crippen LogP contribution in [0.5, 0.6) is 0 Å². The fraction of sp³-hybridized carbons (Fsp3) is 0.733. The number of aryl methyl sites for hydroxylation is 2. The Morgan fingerprint density at radius 2 is 2.19 bits per heavy atom. The van der Waals surface area contributed by atoms with E-state index in [-0.39, 0.29) is 6.04 Å². The minimum absolute atomic E-state index is 0.238. The highest BCUT2D eigenvalue weighted by Gasteiger charge is 2.07. The molecule has 1 aromatic rings. The topological polar surface area (TPSA) is 58.5 Å². The summed E-state index contributed by atoms with van der Waals surface area (Å²) in [7, 11) is 1.71. The number of nitrogens with zero attached hydrogens (tertiary/aromatic N) is 2. The van der Waals surface area contributed by atoms with Gasteiger partial charge in [0.2, 0.25) is 0 Å². The Kier molecular flexibility index (Phi) is 8.30. The summed E-state index contributed by atoms with van der Waals surface area (Å²) in [4.78, 5) is 10.6. The summed E-state index contributed by atoms with van der Waals surface area (Å²) >= 11 is 1.78. The van der Waals surface area contributed by atoms with Crippen LogP contribution in [0.25, 0.3) is 0 Å². The van der Waals surface area contributed by atoms with Gasteiger partial charge >= 0.3 is 0 Å². The lowest BCUT2D eigenvalue weighted by molar-refractivity contribution is 0.179. The highest BCUT2D eigenvalue weighted by Crippen LogP contribution is 2.18. The number of guanidine groups is 1. The molecule has 0 aliphatic carbocycles. The SMILES string of the molecule is CCNC(=NCCc1nc(CC)c(C)s1)NC(C)COC. The molecule has 21 heavy (non-hydrogen) atoms. The zero-order chi connectivity index (χ0) is 15.7. The summed E-state index contributed by atoms with van der Waals surface area (Å²) in [6.07, 6.45) is 1.89. The molecule has 1 unspecified atom stereocenters.